The van der Waals surface area contributed by atoms with Gasteiger partial charge in [-0.1, -0.05) is 52.1 Å². The van der Waals surface area contributed by atoms with Crippen LogP contribution >= 0.6 is 0 Å². The first kappa shape index (κ1) is 11.4. The predicted octanol–water partition coefficient (Wildman–Crippen LogP) is 3.36. The summed E-state index contributed by atoms with van der Waals surface area (Å²) >= 11 is 0. The molecule has 0 saturated carbocycles. The van der Waals surface area contributed by atoms with Gasteiger partial charge in [0.1, 0.15) is 0 Å². The quantitative estimate of drug-likeness (QED) is 0.603. The van der Waals surface area contributed by atoms with Gasteiger partial charge in [-0.3, -0.25) is 4.79 Å². The minimum atomic E-state index is -1.59. The fourth-order valence-electron chi connectivity index (χ4n) is 1.51. The van der Waals surface area contributed by atoms with Crippen molar-refractivity contribution in [1.29, 1.82) is 0 Å². The van der Waals surface area contributed by atoms with Crippen molar-refractivity contribution in [3.63, 3.8) is 0 Å². The second-order valence-corrected chi connectivity index (χ2v) is 11.1. The van der Waals surface area contributed by atoms with Crippen LogP contribution < -0.4 is 0 Å². The van der Waals surface area contributed by atoms with E-state index in [0.29, 0.717) is 0 Å². The van der Waals surface area contributed by atoms with Gasteiger partial charge in [-0.2, -0.15) is 0 Å². The lowest BCUT2D eigenvalue weighted by Gasteiger charge is -2.41. The molecule has 0 saturated heterocycles. The fourth-order valence-corrected chi connectivity index (χ4v) is 3.77. The molecule has 1 unspecified atom stereocenters. The average Bonchev–Trinajstić information content (AvgIpc) is 2.02. The first-order valence-corrected chi connectivity index (χ1v) is 8.15. The van der Waals surface area contributed by atoms with Crippen LogP contribution in [0.25, 0.3) is 0 Å². The van der Waals surface area contributed by atoms with Crippen molar-refractivity contribution in [3.8, 4) is 0 Å². The highest BCUT2D eigenvalue weighted by atomic mass is 28.3. The Morgan fingerprint density at radius 3 is 2.36 bits per heavy atom. The molecule has 0 heterocycles. The maximum atomic E-state index is 11.7. The van der Waals surface area contributed by atoms with Gasteiger partial charge in [-0.05, 0) is 5.04 Å². The van der Waals surface area contributed by atoms with E-state index in [9.17, 15) is 4.79 Å². The number of carbonyl (C=O) groups excluding carboxylic acids is 1. The van der Waals surface area contributed by atoms with Crippen molar-refractivity contribution < 1.29 is 4.79 Å². The number of rotatable bonds is 1. The molecule has 1 rings (SSSR count). The van der Waals surface area contributed by atoms with Crippen LogP contribution in [0.3, 0.4) is 0 Å². The van der Waals surface area contributed by atoms with Gasteiger partial charge in [0.15, 0.2) is 5.78 Å². The van der Waals surface area contributed by atoms with E-state index in [1.54, 1.807) is 6.08 Å². The Labute approximate surface area is 87.9 Å². The molecule has 77 valence electrons. The Morgan fingerprint density at radius 2 is 1.93 bits per heavy atom. The number of allylic oxidation sites excluding steroid dienone is 4. The van der Waals surface area contributed by atoms with Crippen LogP contribution in [0, 0.1) is 6.08 Å². The maximum absolute atomic E-state index is 11.7. The standard InChI is InChI=1S/C12H19OSi/c1-12(2,3)14(4,5)11-9-7-6-8-10(11)13/h6-7,9,11H,1-5H3. The maximum Gasteiger partial charge on any atom is 0.167 e. The molecule has 0 aromatic rings. The molecule has 1 aliphatic carbocycles. The Bertz CT molecular complexity index is 292. The Kier molecular flexibility index (Phi) is 2.86. The van der Waals surface area contributed by atoms with Gasteiger partial charge in [-0.25, -0.2) is 0 Å². The van der Waals surface area contributed by atoms with Gasteiger partial charge in [0, 0.05) is 11.6 Å². The van der Waals surface area contributed by atoms with Crippen LogP contribution in [0.5, 0.6) is 0 Å². The predicted molar refractivity (Wildman–Crippen MR) is 62.9 cm³/mol. The molecule has 0 aliphatic heterocycles. The van der Waals surface area contributed by atoms with Gasteiger partial charge in [0.2, 0.25) is 0 Å². The van der Waals surface area contributed by atoms with E-state index >= 15 is 0 Å². The Hall–Kier alpha value is -0.633. The van der Waals surface area contributed by atoms with E-state index in [2.05, 4.69) is 46.0 Å². The van der Waals surface area contributed by atoms with E-state index < -0.39 is 8.07 Å². The SMILES string of the molecule is CC(C)(C)[Si](C)(C)C1C=CC=[C]C1=O. The molecule has 1 atom stereocenters. The summed E-state index contributed by atoms with van der Waals surface area (Å²) in [7, 11) is -1.59. The first-order chi connectivity index (χ1) is 6.27. The molecule has 0 aromatic heterocycles. The molecule has 1 nitrogen and oxygen atoms in total. The lowest BCUT2D eigenvalue weighted by atomic mass is 10.2. The molecule has 0 spiro atoms. The number of Topliss-reactive ketones (excluding diaryl/α,β-unsaturated/α-hetero) is 1. The second-order valence-electron chi connectivity index (χ2n) is 5.51. The van der Waals surface area contributed by atoms with Crippen molar-refractivity contribution in [2.45, 2.75) is 44.4 Å². The fraction of sp³-hybridized carbons (Fsp3) is 0.583. The van der Waals surface area contributed by atoms with Crippen LogP contribution in [0.2, 0.25) is 23.7 Å². The molecule has 0 fully saturated rings. The van der Waals surface area contributed by atoms with E-state index in [-0.39, 0.29) is 16.4 Å². The average molecular weight is 207 g/mol. The third kappa shape index (κ3) is 1.90. The minimum absolute atomic E-state index is 0.104. The summed E-state index contributed by atoms with van der Waals surface area (Å²) in [5, 5.41) is 0.247. The highest BCUT2D eigenvalue weighted by Gasteiger charge is 2.43. The minimum Gasteiger partial charge on any atom is -0.294 e. The zero-order valence-electron chi connectivity index (χ0n) is 9.72. The van der Waals surface area contributed by atoms with Gasteiger partial charge in [0.05, 0.1) is 8.07 Å². The number of hydrogen-bond acceptors (Lipinski definition) is 1. The molecule has 2 heteroatoms. The van der Waals surface area contributed by atoms with Crippen molar-refractivity contribution in [3.05, 3.63) is 24.3 Å². The molecule has 14 heavy (non-hydrogen) atoms. The summed E-state index contributed by atoms with van der Waals surface area (Å²) in [5.41, 5.74) is 0.104. The smallest absolute Gasteiger partial charge is 0.167 e. The lowest BCUT2D eigenvalue weighted by molar-refractivity contribution is -0.114. The third-order valence-corrected chi connectivity index (χ3v) is 9.49. The van der Waals surface area contributed by atoms with Crippen LogP contribution in [0.1, 0.15) is 20.8 Å². The molecular weight excluding hydrogens is 188 g/mol. The highest BCUT2D eigenvalue weighted by molar-refractivity contribution is 6.85. The van der Waals surface area contributed by atoms with Crippen LogP contribution in [-0.2, 0) is 4.79 Å². The summed E-state index contributed by atoms with van der Waals surface area (Å²) in [6.07, 6.45) is 8.51. The molecule has 0 bridgehead atoms. The van der Waals surface area contributed by atoms with E-state index in [1.807, 2.05) is 6.08 Å². The van der Waals surface area contributed by atoms with Gasteiger partial charge >= 0.3 is 0 Å². The molecular formula is C12H19OSi. The number of carbonyl (C=O) groups is 1. The van der Waals surface area contributed by atoms with Gasteiger partial charge < -0.3 is 0 Å². The van der Waals surface area contributed by atoms with E-state index in [1.165, 1.54) is 0 Å². The summed E-state index contributed by atoms with van der Waals surface area (Å²) in [4.78, 5) is 11.7. The topological polar surface area (TPSA) is 17.1 Å². The largest absolute Gasteiger partial charge is 0.294 e. The molecule has 1 aliphatic rings. The van der Waals surface area contributed by atoms with Crippen LogP contribution in [0.4, 0.5) is 0 Å². The number of ketones is 1. The Balaban J connectivity index is 2.99. The third-order valence-electron chi connectivity index (χ3n) is 3.62. The molecule has 1 radical (unpaired) electrons. The van der Waals surface area contributed by atoms with Crippen LogP contribution in [0.15, 0.2) is 18.2 Å². The highest BCUT2D eigenvalue weighted by Crippen LogP contribution is 2.45. The van der Waals surface area contributed by atoms with Crippen molar-refractivity contribution in [1.82, 2.24) is 0 Å². The van der Waals surface area contributed by atoms with E-state index in [0.717, 1.165) is 0 Å². The summed E-state index contributed by atoms with van der Waals surface area (Å²) in [5.74, 6) is 0.166. The van der Waals surface area contributed by atoms with Crippen molar-refractivity contribution >= 4 is 13.9 Å². The monoisotopic (exact) mass is 207 g/mol. The van der Waals surface area contributed by atoms with Crippen LogP contribution in [-0.4, -0.2) is 13.9 Å². The van der Waals surface area contributed by atoms with Crippen molar-refractivity contribution in [2.24, 2.45) is 0 Å². The van der Waals surface area contributed by atoms with Gasteiger partial charge in [-0.15, -0.1) is 0 Å². The van der Waals surface area contributed by atoms with Gasteiger partial charge in [0.25, 0.3) is 0 Å². The lowest BCUT2D eigenvalue weighted by Crippen LogP contribution is -2.44. The number of hydrogen-bond donors (Lipinski definition) is 0. The zero-order chi connectivity index (χ0) is 11.0. The van der Waals surface area contributed by atoms with E-state index in [4.69, 9.17) is 0 Å². The second kappa shape index (κ2) is 3.50. The first-order valence-electron chi connectivity index (χ1n) is 5.07. The summed E-state index contributed by atoms with van der Waals surface area (Å²) < 4.78 is 0. The normalized spacial score (nSPS) is 22.9. The molecule has 0 amide bonds. The van der Waals surface area contributed by atoms with Crippen molar-refractivity contribution in [2.75, 3.05) is 0 Å². The summed E-state index contributed by atoms with van der Waals surface area (Å²) in [6, 6.07) is 0. The summed E-state index contributed by atoms with van der Waals surface area (Å²) in [6.45, 7) is 11.3. The Morgan fingerprint density at radius 1 is 1.36 bits per heavy atom. The zero-order valence-corrected chi connectivity index (χ0v) is 10.7. The molecule has 0 N–H and O–H groups in total. The molecule has 0 aromatic carbocycles.